The van der Waals surface area contributed by atoms with Crippen molar-refractivity contribution in [2.45, 2.75) is 72.2 Å². The second-order valence-electron chi connectivity index (χ2n) is 6.05. The third-order valence-corrected chi connectivity index (χ3v) is 2.60. The lowest BCUT2D eigenvalue weighted by atomic mass is 10.1. The summed E-state index contributed by atoms with van der Waals surface area (Å²) in [6.07, 6.45) is 2.37. The number of hydrogen-bond acceptors (Lipinski definition) is 5. The molecule has 0 aliphatic carbocycles. The van der Waals surface area contributed by atoms with E-state index in [1.54, 1.807) is 0 Å². The Balaban J connectivity index is 2.28. The summed E-state index contributed by atoms with van der Waals surface area (Å²) in [7, 11) is 0. The molecule has 0 atom stereocenters. The van der Waals surface area contributed by atoms with Crippen LogP contribution >= 0.6 is 0 Å². The van der Waals surface area contributed by atoms with Crippen LogP contribution in [0.15, 0.2) is 0 Å². The number of rotatable bonds is 8. The van der Waals surface area contributed by atoms with Gasteiger partial charge in [0, 0.05) is 18.7 Å². The van der Waals surface area contributed by atoms with Crippen LogP contribution in [-0.2, 0) is 17.8 Å². The Hall–Kier alpha value is -1.01. The standard InChI is InChI=1S/C13H27N5O/c1-11(2)19-9-7-6-8-18-12(15-16-17-18)10-14-13(3,4)5/h11,14H,6-10H2,1-5H3. The third-order valence-electron chi connectivity index (χ3n) is 2.60. The van der Waals surface area contributed by atoms with E-state index in [0.717, 1.165) is 31.8 Å². The number of aromatic nitrogens is 4. The van der Waals surface area contributed by atoms with E-state index >= 15 is 0 Å². The highest BCUT2D eigenvalue weighted by molar-refractivity contribution is 4.83. The van der Waals surface area contributed by atoms with Gasteiger partial charge in [0.25, 0.3) is 0 Å². The molecule has 110 valence electrons. The highest BCUT2D eigenvalue weighted by Gasteiger charge is 2.12. The van der Waals surface area contributed by atoms with Crippen LogP contribution in [0.2, 0.25) is 0 Å². The highest BCUT2D eigenvalue weighted by Crippen LogP contribution is 2.03. The van der Waals surface area contributed by atoms with Gasteiger partial charge in [-0.3, -0.25) is 0 Å². The molecule has 0 bridgehead atoms. The Labute approximate surface area is 115 Å². The number of nitrogens with zero attached hydrogens (tertiary/aromatic N) is 4. The summed E-state index contributed by atoms with van der Waals surface area (Å²) in [5, 5.41) is 15.2. The predicted molar refractivity (Wildman–Crippen MR) is 74.7 cm³/mol. The molecule has 1 heterocycles. The Morgan fingerprint density at radius 1 is 1.26 bits per heavy atom. The van der Waals surface area contributed by atoms with Crippen molar-refractivity contribution in [3.63, 3.8) is 0 Å². The summed E-state index contributed by atoms with van der Waals surface area (Å²) >= 11 is 0. The van der Waals surface area contributed by atoms with Crippen LogP contribution in [0.4, 0.5) is 0 Å². The van der Waals surface area contributed by atoms with Gasteiger partial charge in [0.05, 0.1) is 12.6 Å². The molecule has 0 fully saturated rings. The van der Waals surface area contributed by atoms with Gasteiger partial charge in [0.1, 0.15) is 0 Å². The maximum absolute atomic E-state index is 5.51. The first-order valence-electron chi connectivity index (χ1n) is 7.00. The quantitative estimate of drug-likeness (QED) is 0.729. The largest absolute Gasteiger partial charge is 0.379 e. The van der Waals surface area contributed by atoms with E-state index < -0.39 is 0 Å². The molecule has 0 unspecified atom stereocenters. The molecule has 1 rings (SSSR count). The van der Waals surface area contributed by atoms with Crippen LogP contribution in [0.1, 0.15) is 53.3 Å². The van der Waals surface area contributed by atoms with Crippen LogP contribution in [0.5, 0.6) is 0 Å². The van der Waals surface area contributed by atoms with Crippen LogP contribution in [-0.4, -0.2) is 38.5 Å². The van der Waals surface area contributed by atoms with Gasteiger partial charge in [-0.25, -0.2) is 4.68 Å². The van der Waals surface area contributed by atoms with Gasteiger partial charge < -0.3 is 10.1 Å². The molecule has 0 aliphatic rings. The fourth-order valence-corrected chi connectivity index (χ4v) is 1.55. The van der Waals surface area contributed by atoms with E-state index in [1.165, 1.54) is 0 Å². The topological polar surface area (TPSA) is 64.9 Å². The number of aryl methyl sites for hydroxylation is 1. The van der Waals surface area contributed by atoms with Crippen molar-refractivity contribution < 1.29 is 4.74 Å². The fraction of sp³-hybridized carbons (Fsp3) is 0.923. The molecule has 1 aromatic rings. The van der Waals surface area contributed by atoms with Crippen LogP contribution in [0, 0.1) is 0 Å². The average molecular weight is 269 g/mol. The highest BCUT2D eigenvalue weighted by atomic mass is 16.5. The average Bonchev–Trinajstić information content (AvgIpc) is 2.72. The van der Waals surface area contributed by atoms with Crippen molar-refractivity contribution in [1.29, 1.82) is 0 Å². The van der Waals surface area contributed by atoms with Crippen molar-refractivity contribution >= 4 is 0 Å². The molecule has 0 aromatic carbocycles. The Morgan fingerprint density at radius 3 is 2.63 bits per heavy atom. The van der Waals surface area contributed by atoms with E-state index in [-0.39, 0.29) is 5.54 Å². The molecule has 6 heteroatoms. The van der Waals surface area contributed by atoms with Crippen molar-refractivity contribution in [2.24, 2.45) is 0 Å². The van der Waals surface area contributed by atoms with E-state index in [0.29, 0.717) is 12.6 Å². The molecular formula is C13H27N5O. The molecular weight excluding hydrogens is 242 g/mol. The lowest BCUT2D eigenvalue weighted by Gasteiger charge is -2.19. The van der Waals surface area contributed by atoms with E-state index in [2.05, 4.69) is 55.5 Å². The zero-order chi connectivity index (χ0) is 14.3. The van der Waals surface area contributed by atoms with Crippen LogP contribution in [0.3, 0.4) is 0 Å². The maximum atomic E-state index is 5.51. The van der Waals surface area contributed by atoms with Gasteiger partial charge in [0.2, 0.25) is 0 Å². The number of unbranched alkanes of at least 4 members (excludes halogenated alkanes) is 1. The Morgan fingerprint density at radius 2 is 2.00 bits per heavy atom. The predicted octanol–water partition coefficient (Wildman–Crippen LogP) is 1.77. The second-order valence-corrected chi connectivity index (χ2v) is 6.05. The maximum Gasteiger partial charge on any atom is 0.165 e. The zero-order valence-corrected chi connectivity index (χ0v) is 12.8. The SMILES string of the molecule is CC(C)OCCCCn1nnnc1CNC(C)(C)C. The summed E-state index contributed by atoms with van der Waals surface area (Å²) in [5.41, 5.74) is 0.0713. The lowest BCUT2D eigenvalue weighted by molar-refractivity contribution is 0.0752. The molecule has 0 spiro atoms. The zero-order valence-electron chi connectivity index (χ0n) is 12.8. The van der Waals surface area contributed by atoms with Crippen molar-refractivity contribution in [1.82, 2.24) is 25.5 Å². The normalized spacial score (nSPS) is 12.3. The summed E-state index contributed by atoms with van der Waals surface area (Å²) in [6.45, 7) is 12.8. The lowest BCUT2D eigenvalue weighted by Crippen LogP contribution is -2.36. The minimum absolute atomic E-state index is 0.0713. The first kappa shape index (κ1) is 16.0. The second kappa shape index (κ2) is 7.55. The van der Waals surface area contributed by atoms with Crippen molar-refractivity contribution in [3.05, 3.63) is 5.82 Å². The summed E-state index contributed by atoms with van der Waals surface area (Å²) < 4.78 is 7.38. The molecule has 6 nitrogen and oxygen atoms in total. The van der Waals surface area contributed by atoms with Crippen molar-refractivity contribution in [2.75, 3.05) is 6.61 Å². The molecule has 0 aliphatic heterocycles. The van der Waals surface area contributed by atoms with E-state index in [9.17, 15) is 0 Å². The molecule has 1 aromatic heterocycles. The number of tetrazole rings is 1. The Kier molecular flexibility index (Phi) is 6.37. The Bertz CT molecular complexity index is 356. The number of ether oxygens (including phenoxy) is 1. The monoisotopic (exact) mass is 269 g/mol. The third kappa shape index (κ3) is 7.22. The smallest absolute Gasteiger partial charge is 0.165 e. The molecule has 0 saturated carbocycles. The molecule has 1 N–H and O–H groups in total. The molecule has 19 heavy (non-hydrogen) atoms. The molecule has 0 saturated heterocycles. The van der Waals surface area contributed by atoms with E-state index in [4.69, 9.17) is 4.74 Å². The van der Waals surface area contributed by atoms with Gasteiger partial charge in [-0.05, 0) is 57.9 Å². The molecule has 0 amide bonds. The minimum Gasteiger partial charge on any atom is -0.379 e. The number of nitrogens with one attached hydrogen (secondary N) is 1. The van der Waals surface area contributed by atoms with Crippen LogP contribution < -0.4 is 5.32 Å². The summed E-state index contributed by atoms with van der Waals surface area (Å²) in [5.74, 6) is 0.889. The minimum atomic E-state index is 0.0713. The van der Waals surface area contributed by atoms with Crippen LogP contribution in [0.25, 0.3) is 0 Å². The molecule has 0 radical (unpaired) electrons. The summed E-state index contributed by atoms with van der Waals surface area (Å²) in [6, 6.07) is 0. The van der Waals surface area contributed by atoms with Gasteiger partial charge >= 0.3 is 0 Å². The van der Waals surface area contributed by atoms with Gasteiger partial charge in [-0.2, -0.15) is 0 Å². The van der Waals surface area contributed by atoms with Gasteiger partial charge in [-0.15, -0.1) is 5.10 Å². The summed E-state index contributed by atoms with van der Waals surface area (Å²) in [4.78, 5) is 0. The van der Waals surface area contributed by atoms with E-state index in [1.807, 2.05) is 4.68 Å². The van der Waals surface area contributed by atoms with Gasteiger partial charge in [-0.1, -0.05) is 0 Å². The number of hydrogen-bond donors (Lipinski definition) is 1. The first-order chi connectivity index (χ1) is 8.88. The van der Waals surface area contributed by atoms with Gasteiger partial charge in [0.15, 0.2) is 5.82 Å². The first-order valence-corrected chi connectivity index (χ1v) is 7.00. The van der Waals surface area contributed by atoms with Crippen molar-refractivity contribution in [3.8, 4) is 0 Å². The fourth-order valence-electron chi connectivity index (χ4n) is 1.55.